The number of hydrogen-bond donors (Lipinski definition) is 9. The third-order valence-electron chi connectivity index (χ3n) is 4.99. The highest BCUT2D eigenvalue weighted by atomic mass is 32.1. The number of carbonyl (C=O) groups is 4. The molecule has 0 aromatic carbocycles. The third-order valence-corrected chi connectivity index (χ3v) is 5.36. The van der Waals surface area contributed by atoms with Crippen LogP contribution >= 0.6 is 12.6 Å². The van der Waals surface area contributed by atoms with Gasteiger partial charge in [-0.2, -0.15) is 12.6 Å². The van der Waals surface area contributed by atoms with Crippen molar-refractivity contribution in [2.24, 2.45) is 28.1 Å². The molecule has 190 valence electrons. The van der Waals surface area contributed by atoms with Crippen molar-refractivity contribution in [1.82, 2.24) is 16.0 Å². The van der Waals surface area contributed by atoms with Crippen molar-refractivity contribution >= 4 is 42.3 Å². The normalized spacial score (nSPS) is 16.3. The second-order valence-electron chi connectivity index (χ2n) is 7.73. The maximum absolute atomic E-state index is 13.0. The number of carboxylic acids is 1. The van der Waals surface area contributed by atoms with Crippen molar-refractivity contribution in [1.29, 1.82) is 0 Å². The molecule has 0 aromatic rings. The minimum Gasteiger partial charge on any atom is -0.480 e. The molecule has 13 nitrogen and oxygen atoms in total. The van der Waals surface area contributed by atoms with E-state index in [4.69, 9.17) is 22.3 Å². The molecule has 11 N–H and O–H groups in total. The number of aliphatic carboxylic acids is 1. The van der Waals surface area contributed by atoms with Gasteiger partial charge < -0.3 is 43.4 Å². The van der Waals surface area contributed by atoms with Crippen molar-refractivity contribution in [3.8, 4) is 0 Å². The van der Waals surface area contributed by atoms with E-state index in [0.717, 1.165) is 0 Å². The summed E-state index contributed by atoms with van der Waals surface area (Å²) in [7, 11) is 0. The summed E-state index contributed by atoms with van der Waals surface area (Å²) in [6, 6.07) is -4.66. The van der Waals surface area contributed by atoms with Crippen molar-refractivity contribution < 1.29 is 29.4 Å². The Labute approximate surface area is 198 Å². The number of guanidine groups is 1. The van der Waals surface area contributed by atoms with Crippen LogP contribution in [0.5, 0.6) is 0 Å². The minimum absolute atomic E-state index is 0.115. The number of rotatable bonds is 15. The molecule has 0 saturated heterocycles. The molecule has 33 heavy (non-hydrogen) atoms. The monoisotopic (exact) mass is 491 g/mol. The predicted molar refractivity (Wildman–Crippen MR) is 126 cm³/mol. The van der Waals surface area contributed by atoms with Gasteiger partial charge in [0, 0.05) is 12.3 Å². The Balaban J connectivity index is 5.57. The van der Waals surface area contributed by atoms with Crippen LogP contribution < -0.4 is 33.2 Å². The van der Waals surface area contributed by atoms with Gasteiger partial charge in [-0.05, 0) is 25.7 Å². The van der Waals surface area contributed by atoms with Gasteiger partial charge in [0.25, 0.3) is 0 Å². The van der Waals surface area contributed by atoms with Gasteiger partial charge in [-0.25, -0.2) is 4.79 Å². The molecule has 0 fully saturated rings. The zero-order chi connectivity index (χ0) is 25.7. The highest BCUT2D eigenvalue weighted by molar-refractivity contribution is 7.80. The van der Waals surface area contributed by atoms with Gasteiger partial charge in [0.1, 0.15) is 24.2 Å². The zero-order valence-electron chi connectivity index (χ0n) is 19.2. The highest BCUT2D eigenvalue weighted by Crippen LogP contribution is 2.10. The number of hydrogen-bond acceptors (Lipinski definition) is 8. The summed E-state index contributed by atoms with van der Waals surface area (Å²) in [4.78, 5) is 53.1. The quantitative estimate of drug-likeness (QED) is 0.0499. The fourth-order valence-corrected chi connectivity index (χ4v) is 2.91. The molecule has 3 amide bonds. The fourth-order valence-electron chi connectivity index (χ4n) is 2.66. The van der Waals surface area contributed by atoms with E-state index < -0.39 is 54.0 Å². The largest absolute Gasteiger partial charge is 0.480 e. The minimum atomic E-state index is -1.27. The molecule has 0 spiro atoms. The smallest absolute Gasteiger partial charge is 0.327 e. The predicted octanol–water partition coefficient (Wildman–Crippen LogP) is -2.74. The summed E-state index contributed by atoms with van der Waals surface area (Å²) in [5, 5.41) is 26.1. The van der Waals surface area contributed by atoms with Crippen molar-refractivity contribution in [3.05, 3.63) is 0 Å². The van der Waals surface area contributed by atoms with Crippen molar-refractivity contribution in [2.75, 3.05) is 12.3 Å². The number of amides is 3. The molecule has 0 rings (SSSR count). The lowest BCUT2D eigenvalue weighted by Crippen LogP contribution is -2.59. The van der Waals surface area contributed by atoms with Crippen LogP contribution in [0.25, 0.3) is 0 Å². The van der Waals surface area contributed by atoms with Crippen LogP contribution in [0.4, 0.5) is 0 Å². The van der Waals surface area contributed by atoms with E-state index in [1.807, 2.05) is 0 Å². The number of aliphatic hydroxyl groups excluding tert-OH is 1. The number of nitrogens with two attached hydrogens (primary N) is 3. The number of thiol groups is 1. The Bertz CT molecular complexity index is 702. The van der Waals surface area contributed by atoms with E-state index in [2.05, 4.69) is 33.6 Å². The van der Waals surface area contributed by atoms with Crippen LogP contribution in [-0.4, -0.2) is 82.4 Å². The first-order valence-corrected chi connectivity index (χ1v) is 11.2. The van der Waals surface area contributed by atoms with Gasteiger partial charge in [-0.15, -0.1) is 0 Å². The van der Waals surface area contributed by atoms with E-state index in [9.17, 15) is 24.3 Å². The van der Waals surface area contributed by atoms with Crippen LogP contribution in [0.15, 0.2) is 4.99 Å². The molecule has 0 aliphatic heterocycles. The van der Waals surface area contributed by atoms with Gasteiger partial charge in [-0.1, -0.05) is 20.3 Å². The maximum Gasteiger partial charge on any atom is 0.327 e. The third kappa shape index (κ3) is 11.2. The van der Waals surface area contributed by atoms with Gasteiger partial charge >= 0.3 is 5.97 Å². The van der Waals surface area contributed by atoms with Crippen LogP contribution in [0.1, 0.15) is 40.0 Å². The zero-order valence-corrected chi connectivity index (χ0v) is 20.0. The maximum atomic E-state index is 13.0. The molecule has 0 aliphatic carbocycles. The lowest BCUT2D eigenvalue weighted by Gasteiger charge is -2.28. The Hall–Kier alpha value is -2.58. The van der Waals surface area contributed by atoms with E-state index in [1.54, 1.807) is 13.8 Å². The molecule has 0 aliphatic rings. The topological polar surface area (TPSA) is 235 Å². The summed E-state index contributed by atoms with van der Waals surface area (Å²) < 4.78 is 0. The van der Waals surface area contributed by atoms with E-state index >= 15 is 0 Å². The number of carboxylic acid groups (broad SMARTS) is 1. The number of carbonyl (C=O) groups excluding carboxylic acids is 3. The summed E-state index contributed by atoms with van der Waals surface area (Å²) in [6.07, 6.45) is -0.209. The fraction of sp³-hybridized carbons (Fsp3) is 0.737. The Morgan fingerprint density at radius 1 is 1.00 bits per heavy atom. The number of aliphatic hydroxyl groups is 1. The van der Waals surface area contributed by atoms with Gasteiger partial charge in [0.05, 0.1) is 6.10 Å². The molecular weight excluding hydrogens is 454 g/mol. The van der Waals surface area contributed by atoms with Gasteiger partial charge in [0.15, 0.2) is 5.96 Å². The Morgan fingerprint density at radius 3 is 2.03 bits per heavy atom. The lowest BCUT2D eigenvalue weighted by atomic mass is 9.97. The summed E-state index contributed by atoms with van der Waals surface area (Å²) in [5.41, 5.74) is 16.2. The molecule has 0 radical (unpaired) electrons. The second kappa shape index (κ2) is 15.3. The average Bonchev–Trinajstić information content (AvgIpc) is 2.75. The molecular formula is C19H37N7O6S. The SMILES string of the molecule is CCC(C)C(NC(=O)C(CCCN=C(N)N)NC(=O)C(N)C(C)O)C(=O)NC(CS)C(=O)O. The van der Waals surface area contributed by atoms with Crippen molar-refractivity contribution in [3.63, 3.8) is 0 Å². The second-order valence-corrected chi connectivity index (χ2v) is 8.10. The average molecular weight is 492 g/mol. The van der Waals surface area contributed by atoms with Crippen molar-refractivity contribution in [2.45, 2.75) is 70.3 Å². The van der Waals surface area contributed by atoms with E-state index in [0.29, 0.717) is 12.8 Å². The van der Waals surface area contributed by atoms with E-state index in [1.165, 1.54) is 6.92 Å². The molecule has 6 atom stereocenters. The molecule has 0 heterocycles. The van der Waals surface area contributed by atoms with Crippen LogP contribution in [0.2, 0.25) is 0 Å². The van der Waals surface area contributed by atoms with Gasteiger partial charge in [0.2, 0.25) is 17.7 Å². The summed E-state index contributed by atoms with van der Waals surface area (Å²) in [5.74, 6) is -3.98. The highest BCUT2D eigenvalue weighted by Gasteiger charge is 2.32. The number of nitrogens with zero attached hydrogens (tertiary/aromatic N) is 1. The van der Waals surface area contributed by atoms with Crippen LogP contribution in [-0.2, 0) is 19.2 Å². The Morgan fingerprint density at radius 2 is 1.58 bits per heavy atom. The molecule has 6 unspecified atom stereocenters. The summed E-state index contributed by atoms with van der Waals surface area (Å²) in [6.45, 7) is 5.06. The summed E-state index contributed by atoms with van der Waals surface area (Å²) >= 11 is 3.92. The standard InChI is InChI=1S/C19H37N7O6S/c1-4-9(2)14(17(30)25-12(8-33)18(31)32)26-15(28)11(6-5-7-23-19(21)22)24-16(29)13(20)10(3)27/h9-14,27,33H,4-8,20H2,1-3H3,(H,24,29)(H,25,30)(H,26,28)(H,31,32)(H4,21,22,23). The number of aliphatic imine (C=N–C) groups is 1. The van der Waals surface area contributed by atoms with Crippen LogP contribution in [0.3, 0.4) is 0 Å². The lowest BCUT2D eigenvalue weighted by molar-refractivity contribution is -0.142. The van der Waals surface area contributed by atoms with Gasteiger partial charge in [-0.3, -0.25) is 19.4 Å². The first-order chi connectivity index (χ1) is 15.3. The molecule has 14 heteroatoms. The first-order valence-electron chi connectivity index (χ1n) is 10.6. The molecule has 0 aromatic heterocycles. The van der Waals surface area contributed by atoms with E-state index in [-0.39, 0.29) is 30.6 Å². The number of nitrogens with one attached hydrogen (secondary N) is 3. The Kier molecular flexibility index (Phi) is 14.1. The van der Waals surface area contributed by atoms with Crippen LogP contribution in [0, 0.1) is 5.92 Å². The molecule has 0 bridgehead atoms. The first kappa shape index (κ1) is 30.4. The molecule has 0 saturated carbocycles.